The molecule has 2 aromatic rings. The Kier molecular flexibility index (Phi) is 4.45. The summed E-state index contributed by atoms with van der Waals surface area (Å²) >= 11 is 7.76. The molecule has 1 aliphatic rings. The maximum Gasteiger partial charge on any atom is 0.183 e. The van der Waals surface area contributed by atoms with E-state index in [0.29, 0.717) is 13.2 Å². The summed E-state index contributed by atoms with van der Waals surface area (Å²) in [4.78, 5) is 4.57. The van der Waals surface area contributed by atoms with Gasteiger partial charge in [0.25, 0.3) is 0 Å². The van der Waals surface area contributed by atoms with Crippen LogP contribution in [-0.4, -0.2) is 30.5 Å². The van der Waals surface area contributed by atoms with Crippen molar-refractivity contribution >= 4 is 28.1 Å². The van der Waals surface area contributed by atoms with Gasteiger partial charge in [-0.3, -0.25) is 0 Å². The zero-order chi connectivity index (χ0) is 14.7. The van der Waals surface area contributed by atoms with Crippen LogP contribution in [0.5, 0.6) is 0 Å². The number of aromatic nitrogens is 1. The van der Waals surface area contributed by atoms with Crippen LogP contribution in [0.1, 0.15) is 13.3 Å². The summed E-state index contributed by atoms with van der Waals surface area (Å²) in [6.45, 7) is 4.07. The van der Waals surface area contributed by atoms with E-state index in [-0.39, 0.29) is 0 Å². The largest absolute Gasteiger partial charge is 0.361 e. The zero-order valence-electron chi connectivity index (χ0n) is 11.8. The first-order chi connectivity index (χ1) is 10.2. The SMILES string of the molecule is CC1(CCNc2nc(-c3ccccc3Cl)cs2)OCCO1. The summed E-state index contributed by atoms with van der Waals surface area (Å²) in [5.41, 5.74) is 1.85. The molecule has 1 aromatic carbocycles. The van der Waals surface area contributed by atoms with Gasteiger partial charge in [0.05, 0.1) is 18.9 Å². The van der Waals surface area contributed by atoms with Crippen molar-refractivity contribution in [2.75, 3.05) is 25.1 Å². The van der Waals surface area contributed by atoms with E-state index in [4.69, 9.17) is 21.1 Å². The lowest BCUT2D eigenvalue weighted by molar-refractivity contribution is -0.144. The monoisotopic (exact) mass is 324 g/mol. The third kappa shape index (κ3) is 3.55. The smallest absolute Gasteiger partial charge is 0.183 e. The molecule has 21 heavy (non-hydrogen) atoms. The topological polar surface area (TPSA) is 43.4 Å². The van der Waals surface area contributed by atoms with Crippen molar-refractivity contribution in [2.24, 2.45) is 0 Å². The van der Waals surface area contributed by atoms with E-state index in [1.165, 1.54) is 0 Å². The second-order valence-electron chi connectivity index (χ2n) is 5.03. The van der Waals surface area contributed by atoms with Crippen LogP contribution in [0.25, 0.3) is 11.3 Å². The Hall–Kier alpha value is -1.14. The Morgan fingerprint density at radius 1 is 1.33 bits per heavy atom. The van der Waals surface area contributed by atoms with Crippen LogP contribution >= 0.6 is 22.9 Å². The van der Waals surface area contributed by atoms with Gasteiger partial charge in [0.2, 0.25) is 0 Å². The fourth-order valence-corrected chi connectivity index (χ4v) is 3.22. The quantitative estimate of drug-likeness (QED) is 0.901. The number of nitrogens with one attached hydrogen (secondary N) is 1. The van der Waals surface area contributed by atoms with Crippen LogP contribution in [0, 0.1) is 0 Å². The van der Waals surface area contributed by atoms with E-state index in [0.717, 1.165) is 34.4 Å². The van der Waals surface area contributed by atoms with E-state index < -0.39 is 5.79 Å². The number of thiazole rings is 1. The van der Waals surface area contributed by atoms with E-state index in [1.54, 1.807) is 11.3 Å². The summed E-state index contributed by atoms with van der Waals surface area (Å²) in [7, 11) is 0. The summed E-state index contributed by atoms with van der Waals surface area (Å²) < 4.78 is 11.1. The molecule has 0 atom stereocenters. The molecule has 1 saturated heterocycles. The fraction of sp³-hybridized carbons (Fsp3) is 0.400. The maximum absolute atomic E-state index is 6.19. The molecule has 1 aliphatic heterocycles. The maximum atomic E-state index is 6.19. The van der Waals surface area contributed by atoms with Gasteiger partial charge < -0.3 is 14.8 Å². The van der Waals surface area contributed by atoms with Crippen molar-refractivity contribution in [1.82, 2.24) is 4.98 Å². The highest BCUT2D eigenvalue weighted by Gasteiger charge is 2.30. The Labute approximate surface area is 133 Å². The van der Waals surface area contributed by atoms with Crippen LogP contribution < -0.4 is 5.32 Å². The summed E-state index contributed by atoms with van der Waals surface area (Å²) in [6, 6.07) is 7.73. The number of nitrogens with zero attached hydrogens (tertiary/aromatic N) is 1. The molecule has 0 amide bonds. The predicted molar refractivity (Wildman–Crippen MR) is 86.0 cm³/mol. The first-order valence-corrected chi connectivity index (χ1v) is 8.14. The molecular formula is C15H17ClN2O2S. The number of hydrogen-bond donors (Lipinski definition) is 1. The number of ether oxygens (including phenoxy) is 2. The van der Waals surface area contributed by atoms with Gasteiger partial charge in [-0.05, 0) is 13.0 Å². The Bertz CT molecular complexity index is 611. The molecule has 6 heteroatoms. The van der Waals surface area contributed by atoms with Gasteiger partial charge in [-0.15, -0.1) is 11.3 Å². The first kappa shape index (κ1) is 14.8. The van der Waals surface area contributed by atoms with Crippen LogP contribution in [0.2, 0.25) is 5.02 Å². The third-order valence-corrected chi connectivity index (χ3v) is 4.54. The van der Waals surface area contributed by atoms with Gasteiger partial charge in [-0.2, -0.15) is 0 Å². The molecular weight excluding hydrogens is 308 g/mol. The van der Waals surface area contributed by atoms with Gasteiger partial charge in [-0.1, -0.05) is 29.8 Å². The Balaban J connectivity index is 1.59. The highest BCUT2D eigenvalue weighted by molar-refractivity contribution is 7.14. The van der Waals surface area contributed by atoms with Crippen molar-refractivity contribution in [3.63, 3.8) is 0 Å². The molecule has 0 spiro atoms. The van der Waals surface area contributed by atoms with E-state index >= 15 is 0 Å². The van der Waals surface area contributed by atoms with Crippen LogP contribution in [-0.2, 0) is 9.47 Å². The molecule has 2 heterocycles. The first-order valence-electron chi connectivity index (χ1n) is 6.88. The third-order valence-electron chi connectivity index (χ3n) is 3.41. The van der Waals surface area contributed by atoms with Gasteiger partial charge in [0.1, 0.15) is 0 Å². The number of rotatable bonds is 5. The number of anilines is 1. The summed E-state index contributed by atoms with van der Waals surface area (Å²) in [6.07, 6.45) is 0.786. The molecule has 0 saturated carbocycles. The van der Waals surface area contributed by atoms with E-state index in [1.807, 2.05) is 36.6 Å². The molecule has 1 N–H and O–H groups in total. The molecule has 0 bridgehead atoms. The Morgan fingerprint density at radius 3 is 2.86 bits per heavy atom. The average Bonchev–Trinajstić information content (AvgIpc) is 3.09. The second-order valence-corrected chi connectivity index (χ2v) is 6.29. The molecule has 112 valence electrons. The average molecular weight is 325 g/mol. The van der Waals surface area contributed by atoms with Crippen molar-refractivity contribution < 1.29 is 9.47 Å². The molecule has 0 radical (unpaired) electrons. The van der Waals surface area contributed by atoms with Gasteiger partial charge >= 0.3 is 0 Å². The number of halogens is 1. The zero-order valence-corrected chi connectivity index (χ0v) is 13.3. The lowest BCUT2D eigenvalue weighted by atomic mass is 10.2. The van der Waals surface area contributed by atoms with Crippen molar-refractivity contribution in [3.8, 4) is 11.3 Å². The van der Waals surface area contributed by atoms with Crippen molar-refractivity contribution in [3.05, 3.63) is 34.7 Å². The number of hydrogen-bond acceptors (Lipinski definition) is 5. The van der Waals surface area contributed by atoms with Gasteiger partial charge in [0, 0.05) is 28.9 Å². The summed E-state index contributed by atoms with van der Waals surface area (Å²) in [5, 5.41) is 6.92. The molecule has 0 aliphatic carbocycles. The minimum Gasteiger partial charge on any atom is -0.361 e. The number of benzene rings is 1. The summed E-state index contributed by atoms with van der Waals surface area (Å²) in [5.74, 6) is -0.462. The highest BCUT2D eigenvalue weighted by atomic mass is 35.5. The van der Waals surface area contributed by atoms with Gasteiger partial charge in [-0.25, -0.2) is 4.98 Å². The van der Waals surface area contributed by atoms with Gasteiger partial charge in [0.15, 0.2) is 10.9 Å². The molecule has 1 aromatic heterocycles. The fourth-order valence-electron chi connectivity index (χ4n) is 2.25. The molecule has 3 rings (SSSR count). The highest BCUT2D eigenvalue weighted by Crippen LogP contribution is 2.30. The normalized spacial score (nSPS) is 17.0. The molecule has 4 nitrogen and oxygen atoms in total. The van der Waals surface area contributed by atoms with Crippen LogP contribution in [0.4, 0.5) is 5.13 Å². The Morgan fingerprint density at radius 2 is 2.10 bits per heavy atom. The molecule has 0 unspecified atom stereocenters. The lowest BCUT2D eigenvalue weighted by Crippen LogP contribution is -2.28. The van der Waals surface area contributed by atoms with Crippen molar-refractivity contribution in [2.45, 2.75) is 19.1 Å². The van der Waals surface area contributed by atoms with Crippen LogP contribution in [0.15, 0.2) is 29.6 Å². The van der Waals surface area contributed by atoms with Crippen LogP contribution in [0.3, 0.4) is 0 Å². The lowest BCUT2D eigenvalue weighted by Gasteiger charge is -2.21. The van der Waals surface area contributed by atoms with E-state index in [2.05, 4.69) is 10.3 Å². The van der Waals surface area contributed by atoms with Crippen molar-refractivity contribution in [1.29, 1.82) is 0 Å². The minimum atomic E-state index is -0.462. The predicted octanol–water partition coefficient (Wildman–Crippen LogP) is 4.03. The standard InChI is InChI=1S/C15H17ClN2O2S/c1-15(19-8-9-20-15)6-7-17-14-18-13(10-21-14)11-4-2-3-5-12(11)16/h2-5,10H,6-9H2,1H3,(H,17,18). The van der Waals surface area contributed by atoms with E-state index in [9.17, 15) is 0 Å². The molecule has 1 fully saturated rings. The minimum absolute atomic E-state index is 0.462. The second kappa shape index (κ2) is 6.32.